The number of nitrogens with two attached hydrogens (primary N) is 2. The number of quaternary nitrogens is 1. The summed E-state index contributed by atoms with van der Waals surface area (Å²) in [5.41, 5.74) is 14.9. The van der Waals surface area contributed by atoms with Crippen molar-refractivity contribution < 1.29 is 10.1 Å². The molecule has 3 rings (SSSR count). The van der Waals surface area contributed by atoms with Crippen molar-refractivity contribution in [2.45, 2.75) is 6.29 Å². The van der Waals surface area contributed by atoms with E-state index in [0.29, 0.717) is 17.7 Å². The summed E-state index contributed by atoms with van der Waals surface area (Å²) in [5.74, 6) is 1.52. The van der Waals surface area contributed by atoms with Crippen LogP contribution in [0.2, 0.25) is 0 Å². The van der Waals surface area contributed by atoms with Crippen LogP contribution in [-0.4, -0.2) is 26.2 Å². The van der Waals surface area contributed by atoms with Crippen LogP contribution in [0.5, 0.6) is 0 Å². The predicted octanol–water partition coefficient (Wildman–Crippen LogP) is -3.47. The second kappa shape index (κ2) is 2.76. The zero-order valence-electron chi connectivity index (χ0n) is 8.18. The summed E-state index contributed by atoms with van der Waals surface area (Å²) in [6.45, 7) is 0. The van der Waals surface area contributed by atoms with Crippen LogP contribution in [0, 0.1) is 0 Å². The molecule has 2 aromatic rings. The molecule has 0 radical (unpaired) electrons. The van der Waals surface area contributed by atoms with Gasteiger partial charge >= 0.3 is 17.7 Å². The average Bonchev–Trinajstić information content (AvgIpc) is 2.14. The normalized spacial score (nSPS) is 14.6. The number of hydrogen-bond donors (Lipinski definition) is 5. The number of nitrogens with one attached hydrogen (secondary N) is 2. The zero-order valence-corrected chi connectivity index (χ0v) is 8.18. The molecule has 10 nitrogen and oxygen atoms in total. The Morgan fingerprint density at radius 1 is 1.00 bits per heavy atom. The topological polar surface area (TPSA) is 159 Å². The summed E-state index contributed by atoms with van der Waals surface area (Å²) < 4.78 is 1.58. The number of hydrogen-bond acceptors (Lipinski definition) is 8. The van der Waals surface area contributed by atoms with Crippen LogP contribution in [0.1, 0.15) is 0 Å². The van der Waals surface area contributed by atoms with Crippen molar-refractivity contribution in [1.82, 2.24) is 19.9 Å². The molecule has 0 spiro atoms. The van der Waals surface area contributed by atoms with Gasteiger partial charge in [-0.1, -0.05) is 0 Å². The molecule has 0 aliphatic carbocycles. The first kappa shape index (κ1) is 8.79. The molecule has 1 aliphatic rings. The molecular weight excluding hydrogens is 212 g/mol. The highest BCUT2D eigenvalue weighted by Gasteiger charge is 2.28. The molecule has 0 fully saturated rings. The van der Waals surface area contributed by atoms with Gasteiger partial charge in [0.05, 0.1) is 0 Å². The maximum atomic E-state index is 5.55. The van der Waals surface area contributed by atoms with Gasteiger partial charge in [-0.05, 0) is 0 Å². The smallest absolute Gasteiger partial charge is 0.337 e. The van der Waals surface area contributed by atoms with E-state index in [9.17, 15) is 0 Å². The van der Waals surface area contributed by atoms with Gasteiger partial charge in [-0.15, -0.1) is 19.9 Å². The zero-order chi connectivity index (χ0) is 11.3. The highest BCUT2D eigenvalue weighted by Crippen LogP contribution is 2.10. The molecule has 0 saturated heterocycles. The fraction of sp³-hybridized carbons (Fsp3) is 0.167. The van der Waals surface area contributed by atoms with Crippen LogP contribution in [0.25, 0.3) is 5.78 Å². The van der Waals surface area contributed by atoms with Crippen molar-refractivity contribution in [2.24, 2.45) is 0 Å². The van der Waals surface area contributed by atoms with Crippen LogP contribution >= 0.6 is 0 Å². The Kier molecular flexibility index (Phi) is 1.52. The largest absolute Gasteiger partial charge is 0.356 e. The molecule has 1 aliphatic heterocycles. The first-order chi connectivity index (χ1) is 7.63. The Bertz CT molecular complexity index is 532. The molecule has 0 saturated carbocycles. The first-order valence-electron chi connectivity index (χ1n) is 4.52. The Morgan fingerprint density at radius 3 is 2.00 bits per heavy atom. The van der Waals surface area contributed by atoms with Crippen molar-refractivity contribution in [3.05, 3.63) is 0 Å². The molecule has 82 valence electrons. The number of nitrogens with zero attached hydrogens (tertiary/aromatic N) is 5. The van der Waals surface area contributed by atoms with Crippen molar-refractivity contribution in [2.75, 3.05) is 22.1 Å². The lowest BCUT2D eigenvalue weighted by atomic mass is 10.6. The Hall–Kier alpha value is -2.49. The van der Waals surface area contributed by atoms with Crippen LogP contribution in [0.4, 0.5) is 23.8 Å². The monoisotopic (exact) mass is 222 g/mol. The molecule has 9 N–H and O–H groups in total. The SMILES string of the molecule is Nc1nc2[n+]3c(nc(N)nc3n1)NC([NH3+])N2. The third kappa shape index (κ3) is 1.13. The summed E-state index contributed by atoms with van der Waals surface area (Å²) in [4.78, 5) is 16.0. The van der Waals surface area contributed by atoms with Crippen molar-refractivity contribution in [1.29, 1.82) is 0 Å². The highest BCUT2D eigenvalue weighted by atomic mass is 15.4. The Balaban J connectivity index is 2.41. The highest BCUT2D eigenvalue weighted by molar-refractivity contribution is 5.43. The minimum Gasteiger partial charge on any atom is -0.356 e. The van der Waals surface area contributed by atoms with E-state index in [4.69, 9.17) is 11.5 Å². The van der Waals surface area contributed by atoms with Gasteiger partial charge in [-0.25, -0.2) is 10.6 Å². The van der Waals surface area contributed by atoms with Gasteiger partial charge in [0.25, 0.3) is 18.2 Å². The number of anilines is 4. The van der Waals surface area contributed by atoms with Crippen molar-refractivity contribution in [3.8, 4) is 0 Å². The fourth-order valence-electron chi connectivity index (χ4n) is 1.53. The van der Waals surface area contributed by atoms with E-state index >= 15 is 0 Å². The third-order valence-corrected chi connectivity index (χ3v) is 2.10. The van der Waals surface area contributed by atoms with Gasteiger partial charge in [0, 0.05) is 0 Å². The lowest BCUT2D eigenvalue weighted by Gasteiger charge is -2.16. The van der Waals surface area contributed by atoms with E-state index in [2.05, 4.69) is 36.3 Å². The summed E-state index contributed by atoms with van der Waals surface area (Å²) in [6.07, 6.45) is -0.271. The molecule has 0 aromatic carbocycles. The second-order valence-electron chi connectivity index (χ2n) is 3.29. The van der Waals surface area contributed by atoms with E-state index in [1.807, 2.05) is 0 Å². The molecule has 0 atom stereocenters. The number of aromatic nitrogens is 5. The molecule has 0 bridgehead atoms. The minimum atomic E-state index is -0.271. The number of nitrogen functional groups attached to an aromatic ring is 2. The first-order valence-corrected chi connectivity index (χ1v) is 4.52. The van der Waals surface area contributed by atoms with E-state index in [-0.39, 0.29) is 18.2 Å². The Morgan fingerprint density at radius 2 is 1.50 bits per heavy atom. The molecule has 0 unspecified atom stereocenters. The van der Waals surface area contributed by atoms with Crippen LogP contribution in [0.3, 0.4) is 0 Å². The predicted molar refractivity (Wildman–Crippen MR) is 53.5 cm³/mol. The molecule has 0 amide bonds. The van der Waals surface area contributed by atoms with Gasteiger partial charge in [0.1, 0.15) is 0 Å². The lowest BCUT2D eigenvalue weighted by Crippen LogP contribution is -2.72. The van der Waals surface area contributed by atoms with E-state index in [0.717, 1.165) is 0 Å². The van der Waals surface area contributed by atoms with Crippen LogP contribution in [-0.2, 0) is 0 Å². The van der Waals surface area contributed by atoms with Gasteiger partial charge in [0.2, 0.25) is 0 Å². The standard InChI is InChI=1S/C6H8N10/c7-1-10-4-12-2(8)14-6-15-3(9)13-5(11-1)16(4)6/h1H,7H2,(H5,8,9,10,11,12,13,14,15)/p+2. The third-order valence-electron chi connectivity index (χ3n) is 2.10. The lowest BCUT2D eigenvalue weighted by molar-refractivity contribution is -0.507. The van der Waals surface area contributed by atoms with E-state index in [1.165, 1.54) is 0 Å². The maximum Gasteiger partial charge on any atom is 0.337 e. The van der Waals surface area contributed by atoms with Gasteiger partial charge in [0.15, 0.2) is 0 Å². The molecular formula is C6H10N10+2. The minimum absolute atomic E-state index is 0.112. The van der Waals surface area contributed by atoms with Gasteiger partial charge in [-0.2, -0.15) is 4.40 Å². The summed E-state index contributed by atoms with van der Waals surface area (Å²) in [7, 11) is 0. The van der Waals surface area contributed by atoms with Gasteiger partial charge < -0.3 is 17.2 Å². The van der Waals surface area contributed by atoms with E-state index < -0.39 is 0 Å². The van der Waals surface area contributed by atoms with Crippen LogP contribution < -0.4 is 32.2 Å². The van der Waals surface area contributed by atoms with E-state index in [1.54, 1.807) is 4.40 Å². The van der Waals surface area contributed by atoms with Crippen molar-refractivity contribution in [3.63, 3.8) is 0 Å². The quantitative estimate of drug-likeness (QED) is 0.287. The Labute approximate surface area is 88.9 Å². The molecule has 3 heterocycles. The molecule has 2 aromatic heterocycles. The molecule has 16 heavy (non-hydrogen) atoms. The van der Waals surface area contributed by atoms with Gasteiger partial charge in [-0.3, -0.25) is 0 Å². The number of rotatable bonds is 0. The van der Waals surface area contributed by atoms with Crippen molar-refractivity contribution >= 4 is 29.6 Å². The average molecular weight is 222 g/mol. The second-order valence-corrected chi connectivity index (χ2v) is 3.29. The fourth-order valence-corrected chi connectivity index (χ4v) is 1.53. The molecule has 10 heteroatoms. The summed E-state index contributed by atoms with van der Waals surface area (Å²) in [6, 6.07) is 0. The maximum absolute atomic E-state index is 5.55. The summed E-state index contributed by atoms with van der Waals surface area (Å²) >= 11 is 0. The summed E-state index contributed by atoms with van der Waals surface area (Å²) in [5, 5.41) is 5.95. The van der Waals surface area contributed by atoms with Crippen LogP contribution in [0.15, 0.2) is 0 Å².